The number of nitrogens with two attached hydrogens (primary N) is 1. The van der Waals surface area contributed by atoms with Crippen molar-refractivity contribution in [3.8, 4) is 0 Å². The van der Waals surface area contributed by atoms with Gasteiger partial charge >= 0.3 is 0 Å². The van der Waals surface area contributed by atoms with Gasteiger partial charge in [-0.2, -0.15) is 0 Å². The minimum Gasteiger partial charge on any atom is -0.370 e. The number of hydrogen-bond acceptors (Lipinski definition) is 3. The van der Waals surface area contributed by atoms with Crippen molar-refractivity contribution in [3.63, 3.8) is 0 Å². The van der Waals surface area contributed by atoms with Crippen LogP contribution in [-0.4, -0.2) is 30.0 Å². The average molecular weight is 209 g/mol. The first-order valence-electron chi connectivity index (χ1n) is 6.37. The van der Waals surface area contributed by atoms with E-state index >= 15 is 0 Å². The summed E-state index contributed by atoms with van der Waals surface area (Å²) in [5, 5.41) is 0. The standard InChI is InChI=1S/C12H23N3/c1-2-15-11(9-14-12(15)13)8-10-6-4-3-5-7-10/h10-11H,2-9H2,1H3,(H2,13,14). The monoisotopic (exact) mass is 209 g/mol. The van der Waals surface area contributed by atoms with E-state index in [9.17, 15) is 0 Å². The molecule has 1 fully saturated rings. The third-order valence-electron chi connectivity index (χ3n) is 3.87. The van der Waals surface area contributed by atoms with E-state index in [2.05, 4.69) is 16.8 Å². The molecule has 3 nitrogen and oxygen atoms in total. The SMILES string of the molecule is CCN1C(N)=NCC1CC1CCCCC1. The van der Waals surface area contributed by atoms with E-state index in [1.807, 2.05) is 0 Å². The van der Waals surface area contributed by atoms with Gasteiger partial charge in [0, 0.05) is 6.54 Å². The van der Waals surface area contributed by atoms with Crippen molar-refractivity contribution in [2.45, 2.75) is 51.5 Å². The predicted molar refractivity (Wildman–Crippen MR) is 63.8 cm³/mol. The molecular formula is C12H23N3. The number of hydrogen-bond donors (Lipinski definition) is 1. The van der Waals surface area contributed by atoms with Gasteiger partial charge in [-0.3, -0.25) is 4.99 Å². The van der Waals surface area contributed by atoms with E-state index in [4.69, 9.17) is 5.73 Å². The minimum absolute atomic E-state index is 0.595. The molecule has 0 aromatic heterocycles. The Balaban J connectivity index is 1.84. The molecular weight excluding hydrogens is 186 g/mol. The Bertz CT molecular complexity index is 231. The van der Waals surface area contributed by atoms with Crippen LogP contribution in [0.5, 0.6) is 0 Å². The van der Waals surface area contributed by atoms with Gasteiger partial charge in [-0.05, 0) is 19.3 Å². The van der Waals surface area contributed by atoms with E-state index < -0.39 is 0 Å². The molecule has 0 spiro atoms. The number of rotatable bonds is 3. The van der Waals surface area contributed by atoms with E-state index in [0.29, 0.717) is 6.04 Å². The van der Waals surface area contributed by atoms with Gasteiger partial charge < -0.3 is 10.6 Å². The summed E-state index contributed by atoms with van der Waals surface area (Å²) in [6.45, 7) is 4.10. The minimum atomic E-state index is 0.595. The lowest BCUT2D eigenvalue weighted by Crippen LogP contribution is -2.41. The quantitative estimate of drug-likeness (QED) is 0.772. The second-order valence-electron chi connectivity index (χ2n) is 4.88. The molecule has 0 saturated heterocycles. The van der Waals surface area contributed by atoms with Gasteiger partial charge in [0.1, 0.15) is 0 Å². The molecule has 1 aliphatic heterocycles. The lowest BCUT2D eigenvalue weighted by molar-refractivity contribution is 0.250. The fraction of sp³-hybridized carbons (Fsp3) is 0.917. The van der Waals surface area contributed by atoms with E-state index in [-0.39, 0.29) is 0 Å². The van der Waals surface area contributed by atoms with Crippen molar-refractivity contribution >= 4 is 5.96 Å². The highest BCUT2D eigenvalue weighted by molar-refractivity contribution is 5.80. The van der Waals surface area contributed by atoms with Crippen molar-refractivity contribution in [1.82, 2.24) is 4.90 Å². The third kappa shape index (κ3) is 2.44. The zero-order chi connectivity index (χ0) is 10.7. The summed E-state index contributed by atoms with van der Waals surface area (Å²) in [7, 11) is 0. The second kappa shape index (κ2) is 4.86. The fourth-order valence-corrected chi connectivity index (χ4v) is 3.00. The summed E-state index contributed by atoms with van der Waals surface area (Å²) in [4.78, 5) is 6.63. The van der Waals surface area contributed by atoms with Crippen LogP contribution in [0.4, 0.5) is 0 Å². The zero-order valence-electron chi connectivity index (χ0n) is 9.78. The molecule has 1 aliphatic carbocycles. The molecule has 2 aliphatic rings. The van der Waals surface area contributed by atoms with E-state index in [1.165, 1.54) is 38.5 Å². The van der Waals surface area contributed by atoms with Gasteiger partial charge in [0.05, 0.1) is 12.6 Å². The summed E-state index contributed by atoms with van der Waals surface area (Å²) < 4.78 is 0. The molecule has 1 heterocycles. The molecule has 2 N–H and O–H groups in total. The van der Waals surface area contributed by atoms with Crippen LogP contribution in [0.25, 0.3) is 0 Å². The van der Waals surface area contributed by atoms with Crippen molar-refractivity contribution in [2.24, 2.45) is 16.6 Å². The lowest BCUT2D eigenvalue weighted by Gasteiger charge is -2.30. The molecule has 86 valence electrons. The van der Waals surface area contributed by atoms with Crippen molar-refractivity contribution in [2.75, 3.05) is 13.1 Å². The van der Waals surface area contributed by atoms with Crippen molar-refractivity contribution in [3.05, 3.63) is 0 Å². The molecule has 1 saturated carbocycles. The maximum absolute atomic E-state index is 5.86. The number of guanidine groups is 1. The van der Waals surface area contributed by atoms with Gasteiger partial charge in [0.25, 0.3) is 0 Å². The highest BCUT2D eigenvalue weighted by Gasteiger charge is 2.27. The second-order valence-corrected chi connectivity index (χ2v) is 4.88. The van der Waals surface area contributed by atoms with E-state index in [1.54, 1.807) is 0 Å². The molecule has 2 rings (SSSR count). The van der Waals surface area contributed by atoms with Gasteiger partial charge in [0.2, 0.25) is 0 Å². The summed E-state index contributed by atoms with van der Waals surface area (Å²) in [6.07, 6.45) is 8.46. The van der Waals surface area contributed by atoms with Gasteiger partial charge in [0.15, 0.2) is 5.96 Å². The Hall–Kier alpha value is -0.730. The topological polar surface area (TPSA) is 41.6 Å². The maximum atomic E-state index is 5.86. The molecule has 3 heteroatoms. The molecule has 0 aromatic rings. The van der Waals surface area contributed by atoms with Crippen molar-refractivity contribution < 1.29 is 0 Å². The number of nitrogens with zero attached hydrogens (tertiary/aromatic N) is 2. The van der Waals surface area contributed by atoms with Gasteiger partial charge in [-0.1, -0.05) is 32.1 Å². The molecule has 0 bridgehead atoms. The first-order chi connectivity index (χ1) is 7.31. The Labute approximate surface area is 92.7 Å². The lowest BCUT2D eigenvalue weighted by atomic mass is 9.84. The maximum Gasteiger partial charge on any atom is 0.191 e. The van der Waals surface area contributed by atoms with Crippen LogP contribution in [0.1, 0.15) is 45.4 Å². The summed E-state index contributed by atoms with van der Waals surface area (Å²) in [5.41, 5.74) is 5.86. The van der Waals surface area contributed by atoms with Crippen LogP contribution >= 0.6 is 0 Å². The first kappa shape index (κ1) is 10.8. The number of likely N-dealkylation sites (N-methyl/N-ethyl adjacent to an activating group) is 1. The molecule has 0 amide bonds. The van der Waals surface area contributed by atoms with Crippen LogP contribution in [0.15, 0.2) is 4.99 Å². The Morgan fingerprint density at radius 3 is 2.73 bits per heavy atom. The largest absolute Gasteiger partial charge is 0.370 e. The third-order valence-corrected chi connectivity index (χ3v) is 3.87. The van der Waals surface area contributed by atoms with Gasteiger partial charge in [-0.25, -0.2) is 0 Å². The first-order valence-corrected chi connectivity index (χ1v) is 6.37. The van der Waals surface area contributed by atoms with Gasteiger partial charge in [-0.15, -0.1) is 0 Å². The van der Waals surface area contributed by atoms with Crippen LogP contribution in [-0.2, 0) is 0 Å². The average Bonchev–Trinajstić information content (AvgIpc) is 2.61. The Kier molecular flexibility index (Phi) is 3.49. The van der Waals surface area contributed by atoms with E-state index in [0.717, 1.165) is 25.0 Å². The zero-order valence-corrected chi connectivity index (χ0v) is 9.78. The van der Waals surface area contributed by atoms with Crippen LogP contribution < -0.4 is 5.73 Å². The fourth-order valence-electron chi connectivity index (χ4n) is 3.00. The van der Waals surface area contributed by atoms with Crippen LogP contribution in [0.3, 0.4) is 0 Å². The predicted octanol–water partition coefficient (Wildman–Crippen LogP) is 1.98. The van der Waals surface area contributed by atoms with Crippen LogP contribution in [0, 0.1) is 5.92 Å². The molecule has 1 atom stereocenters. The highest BCUT2D eigenvalue weighted by atomic mass is 15.3. The Morgan fingerprint density at radius 2 is 2.07 bits per heavy atom. The normalized spacial score (nSPS) is 28.2. The Morgan fingerprint density at radius 1 is 1.33 bits per heavy atom. The smallest absolute Gasteiger partial charge is 0.191 e. The summed E-state index contributed by atoms with van der Waals surface area (Å²) >= 11 is 0. The van der Waals surface area contributed by atoms with Crippen molar-refractivity contribution in [1.29, 1.82) is 0 Å². The molecule has 0 radical (unpaired) electrons. The molecule has 15 heavy (non-hydrogen) atoms. The highest BCUT2D eigenvalue weighted by Crippen LogP contribution is 2.29. The van der Waals surface area contributed by atoms with Crippen LogP contribution in [0.2, 0.25) is 0 Å². The molecule has 1 unspecified atom stereocenters. The summed E-state index contributed by atoms with van der Waals surface area (Å²) in [6, 6.07) is 0.595. The summed E-state index contributed by atoms with van der Waals surface area (Å²) in [5.74, 6) is 1.69. The molecule has 0 aromatic carbocycles. The number of aliphatic imine (C=N–C) groups is 1.